The fourth-order valence-corrected chi connectivity index (χ4v) is 1.81. The highest BCUT2D eigenvalue weighted by Gasteiger charge is 2.13. The third kappa shape index (κ3) is 4.91. The summed E-state index contributed by atoms with van der Waals surface area (Å²) in [5, 5.41) is 2.87. The Morgan fingerprint density at radius 3 is 2.74 bits per heavy atom. The second-order valence-electron chi connectivity index (χ2n) is 4.65. The summed E-state index contributed by atoms with van der Waals surface area (Å²) < 4.78 is 5.41. The molecule has 19 heavy (non-hydrogen) atoms. The Labute approximate surface area is 115 Å². The average Bonchev–Trinajstić information content (AvgIpc) is 2.39. The fourth-order valence-electron chi connectivity index (χ4n) is 1.81. The van der Waals surface area contributed by atoms with Gasteiger partial charge in [-0.1, -0.05) is 19.8 Å². The van der Waals surface area contributed by atoms with Crippen LogP contribution in [0, 0.1) is 6.92 Å². The molecular formula is C15H24N2O2. The van der Waals surface area contributed by atoms with Crippen LogP contribution in [-0.2, 0) is 4.79 Å². The molecule has 0 aliphatic heterocycles. The largest absolute Gasteiger partial charge is 0.494 e. The van der Waals surface area contributed by atoms with Crippen molar-refractivity contribution in [2.75, 3.05) is 11.9 Å². The summed E-state index contributed by atoms with van der Waals surface area (Å²) in [6.45, 7) is 6.60. The van der Waals surface area contributed by atoms with Gasteiger partial charge in [0.05, 0.1) is 12.6 Å². The van der Waals surface area contributed by atoms with Gasteiger partial charge in [-0.05, 0) is 44.0 Å². The number of amides is 1. The maximum atomic E-state index is 11.9. The van der Waals surface area contributed by atoms with Crippen LogP contribution in [-0.4, -0.2) is 18.6 Å². The van der Waals surface area contributed by atoms with Crippen LogP contribution in [0.4, 0.5) is 5.69 Å². The Kier molecular flexibility index (Phi) is 6.36. The Morgan fingerprint density at radius 1 is 1.42 bits per heavy atom. The van der Waals surface area contributed by atoms with Gasteiger partial charge in [0.1, 0.15) is 5.75 Å². The Hall–Kier alpha value is -1.55. The summed E-state index contributed by atoms with van der Waals surface area (Å²) in [6.07, 6.45) is 2.73. The highest BCUT2D eigenvalue weighted by molar-refractivity contribution is 5.95. The van der Waals surface area contributed by atoms with Crippen molar-refractivity contribution in [1.29, 1.82) is 0 Å². The third-order valence-electron chi connectivity index (χ3n) is 2.97. The molecule has 0 aliphatic rings. The fraction of sp³-hybridized carbons (Fsp3) is 0.533. The number of anilines is 1. The number of carbonyl (C=O) groups excluding carboxylic acids is 1. The van der Waals surface area contributed by atoms with Crippen LogP contribution < -0.4 is 15.8 Å². The molecule has 0 saturated carbocycles. The number of carbonyl (C=O) groups is 1. The first kappa shape index (κ1) is 15.5. The smallest absolute Gasteiger partial charge is 0.241 e. The van der Waals surface area contributed by atoms with Gasteiger partial charge in [0.15, 0.2) is 0 Å². The molecule has 0 heterocycles. The van der Waals surface area contributed by atoms with Crippen LogP contribution >= 0.6 is 0 Å². The van der Waals surface area contributed by atoms with Gasteiger partial charge in [0, 0.05) is 5.69 Å². The minimum Gasteiger partial charge on any atom is -0.494 e. The number of ether oxygens (including phenoxy) is 1. The van der Waals surface area contributed by atoms with Crippen LogP contribution in [0.1, 0.15) is 38.7 Å². The minimum atomic E-state index is -0.439. The van der Waals surface area contributed by atoms with Gasteiger partial charge in [-0.3, -0.25) is 4.79 Å². The highest BCUT2D eigenvalue weighted by atomic mass is 16.5. The van der Waals surface area contributed by atoms with E-state index < -0.39 is 6.04 Å². The summed E-state index contributed by atoms with van der Waals surface area (Å²) >= 11 is 0. The molecule has 0 aromatic heterocycles. The predicted molar refractivity (Wildman–Crippen MR) is 78.5 cm³/mol. The van der Waals surface area contributed by atoms with Gasteiger partial charge in [-0.25, -0.2) is 0 Å². The Bertz CT molecular complexity index is 419. The molecular weight excluding hydrogens is 240 g/mol. The normalized spacial score (nSPS) is 12.0. The summed E-state index contributed by atoms with van der Waals surface area (Å²) in [5.41, 5.74) is 7.61. The molecule has 0 bridgehead atoms. The molecule has 1 amide bonds. The molecule has 1 atom stereocenters. The zero-order valence-electron chi connectivity index (χ0n) is 12.0. The number of nitrogens with two attached hydrogens (primary N) is 1. The molecule has 1 unspecified atom stereocenters. The molecule has 4 nitrogen and oxygen atoms in total. The molecule has 0 aliphatic carbocycles. The van der Waals surface area contributed by atoms with E-state index in [4.69, 9.17) is 10.5 Å². The molecule has 106 valence electrons. The van der Waals surface area contributed by atoms with Crippen molar-refractivity contribution < 1.29 is 9.53 Å². The van der Waals surface area contributed by atoms with Gasteiger partial charge in [0.25, 0.3) is 0 Å². The van der Waals surface area contributed by atoms with Crippen molar-refractivity contribution in [2.45, 2.75) is 46.1 Å². The average molecular weight is 264 g/mol. The predicted octanol–water partition coefficient (Wildman–Crippen LogP) is 2.85. The van der Waals surface area contributed by atoms with Crippen molar-refractivity contribution in [3.05, 3.63) is 23.8 Å². The number of aryl methyl sites for hydroxylation is 1. The monoisotopic (exact) mass is 264 g/mol. The van der Waals surface area contributed by atoms with Crippen molar-refractivity contribution in [3.63, 3.8) is 0 Å². The van der Waals surface area contributed by atoms with Gasteiger partial charge >= 0.3 is 0 Å². The number of unbranched alkanes of at least 4 members (excludes halogenated alkanes) is 1. The topological polar surface area (TPSA) is 64.4 Å². The molecule has 1 rings (SSSR count). The van der Waals surface area contributed by atoms with Crippen molar-refractivity contribution in [1.82, 2.24) is 0 Å². The molecule has 0 radical (unpaired) electrons. The summed E-state index contributed by atoms with van der Waals surface area (Å²) in [5.74, 6) is 0.689. The Balaban J connectivity index is 2.63. The van der Waals surface area contributed by atoms with E-state index in [1.165, 1.54) is 0 Å². The number of hydrogen-bond acceptors (Lipinski definition) is 3. The molecule has 3 N–H and O–H groups in total. The lowest BCUT2D eigenvalue weighted by Crippen LogP contribution is -2.35. The van der Waals surface area contributed by atoms with Crippen molar-refractivity contribution in [2.24, 2.45) is 5.73 Å². The second-order valence-corrected chi connectivity index (χ2v) is 4.65. The van der Waals surface area contributed by atoms with E-state index in [2.05, 4.69) is 12.2 Å². The quantitative estimate of drug-likeness (QED) is 0.796. The lowest BCUT2D eigenvalue weighted by molar-refractivity contribution is -0.117. The third-order valence-corrected chi connectivity index (χ3v) is 2.97. The van der Waals surface area contributed by atoms with Gasteiger partial charge in [-0.15, -0.1) is 0 Å². The molecule has 1 aromatic carbocycles. The van der Waals surface area contributed by atoms with Crippen molar-refractivity contribution in [3.8, 4) is 5.75 Å². The lowest BCUT2D eigenvalue weighted by Gasteiger charge is -2.14. The van der Waals surface area contributed by atoms with E-state index in [1.54, 1.807) is 0 Å². The Morgan fingerprint density at radius 2 is 2.16 bits per heavy atom. The summed E-state index contributed by atoms with van der Waals surface area (Å²) in [4.78, 5) is 11.9. The zero-order valence-corrected chi connectivity index (χ0v) is 12.0. The van der Waals surface area contributed by atoms with Gasteiger partial charge < -0.3 is 15.8 Å². The number of rotatable bonds is 7. The number of nitrogens with one attached hydrogen (secondary N) is 1. The highest BCUT2D eigenvalue weighted by Crippen LogP contribution is 2.21. The van der Waals surface area contributed by atoms with Gasteiger partial charge in [0.2, 0.25) is 5.91 Å². The maximum Gasteiger partial charge on any atom is 0.241 e. The van der Waals surface area contributed by atoms with Crippen LogP contribution in [0.15, 0.2) is 18.2 Å². The first-order valence-electron chi connectivity index (χ1n) is 6.88. The van der Waals surface area contributed by atoms with Crippen molar-refractivity contribution >= 4 is 11.6 Å². The van der Waals surface area contributed by atoms with Gasteiger partial charge in [-0.2, -0.15) is 0 Å². The number of hydrogen-bond donors (Lipinski definition) is 2. The van der Waals surface area contributed by atoms with E-state index in [1.807, 2.05) is 32.0 Å². The molecule has 1 aromatic rings. The standard InChI is InChI=1S/C15H24N2O2/c1-4-6-7-13(16)15(18)17-14-9-8-12(19-5-2)10-11(14)3/h8-10,13H,4-7,16H2,1-3H3,(H,17,18). The lowest BCUT2D eigenvalue weighted by atomic mass is 10.1. The summed E-state index contributed by atoms with van der Waals surface area (Å²) in [7, 11) is 0. The van der Waals surface area contributed by atoms with Crippen LogP contribution in [0.25, 0.3) is 0 Å². The van der Waals surface area contributed by atoms with Crippen LogP contribution in [0.5, 0.6) is 5.75 Å². The molecule has 4 heteroatoms. The van der Waals surface area contributed by atoms with E-state index >= 15 is 0 Å². The maximum absolute atomic E-state index is 11.9. The van der Waals surface area contributed by atoms with Crippen LogP contribution in [0.3, 0.4) is 0 Å². The summed E-state index contributed by atoms with van der Waals surface area (Å²) in [6, 6.07) is 5.18. The van der Waals surface area contributed by atoms with E-state index in [0.717, 1.165) is 36.3 Å². The van der Waals surface area contributed by atoms with Crippen LogP contribution in [0.2, 0.25) is 0 Å². The molecule has 0 saturated heterocycles. The van der Waals surface area contributed by atoms with E-state index in [9.17, 15) is 4.79 Å². The second kappa shape index (κ2) is 7.79. The molecule has 0 spiro atoms. The first-order chi connectivity index (χ1) is 9.08. The number of benzene rings is 1. The van der Waals surface area contributed by atoms with E-state index in [0.29, 0.717) is 6.61 Å². The SMILES string of the molecule is CCCCC(N)C(=O)Nc1ccc(OCC)cc1C. The van der Waals surface area contributed by atoms with E-state index in [-0.39, 0.29) is 5.91 Å². The molecule has 0 fully saturated rings. The first-order valence-corrected chi connectivity index (χ1v) is 6.88. The zero-order chi connectivity index (χ0) is 14.3. The minimum absolute atomic E-state index is 0.124.